The maximum atomic E-state index is 12.5. The monoisotopic (exact) mass is 437 g/mol. The van der Waals surface area contributed by atoms with Crippen LogP contribution in [-0.4, -0.2) is 48.1 Å². The van der Waals surface area contributed by atoms with Crippen LogP contribution in [0, 0.1) is 6.92 Å². The third-order valence-electron chi connectivity index (χ3n) is 5.12. The second kappa shape index (κ2) is 10.0. The molecule has 0 spiro atoms. The predicted molar refractivity (Wildman–Crippen MR) is 111 cm³/mol. The molecule has 0 aliphatic carbocycles. The zero-order chi connectivity index (χ0) is 22.4. The number of hydrogen-bond acceptors (Lipinski definition) is 4. The molecule has 0 bridgehead atoms. The zero-order valence-corrected chi connectivity index (χ0v) is 17.2. The van der Waals surface area contributed by atoms with Crippen molar-refractivity contribution in [2.45, 2.75) is 38.3 Å². The number of anilines is 1. The van der Waals surface area contributed by atoms with Crippen LogP contribution in [0.4, 0.5) is 23.7 Å². The minimum atomic E-state index is -4.78. The lowest BCUT2D eigenvalue weighted by molar-refractivity contribution is -0.274. The Hall–Kier alpha value is -2.78. The van der Waals surface area contributed by atoms with E-state index in [1.54, 1.807) is 0 Å². The normalized spacial score (nSPS) is 16.5. The molecule has 3 N–H and O–H groups in total. The SMILES string of the molecule is Cc1ccc([C@@H](O)[C@@H](CN2CCCC2)NC(=O)Nc2ccc(OC(F)(F)F)cc2)cc1. The first-order chi connectivity index (χ1) is 14.7. The molecule has 1 aliphatic heterocycles. The second-order valence-corrected chi connectivity index (χ2v) is 7.64. The summed E-state index contributed by atoms with van der Waals surface area (Å²) in [6.45, 7) is 4.25. The number of aliphatic hydroxyl groups excluding tert-OH is 1. The van der Waals surface area contributed by atoms with Gasteiger partial charge in [-0.05, 0) is 62.7 Å². The molecule has 0 aromatic heterocycles. The van der Waals surface area contributed by atoms with E-state index in [-0.39, 0.29) is 5.75 Å². The van der Waals surface area contributed by atoms with Gasteiger partial charge in [-0.25, -0.2) is 4.79 Å². The maximum Gasteiger partial charge on any atom is 0.573 e. The molecular weight excluding hydrogens is 411 g/mol. The van der Waals surface area contributed by atoms with Gasteiger partial charge in [-0.15, -0.1) is 13.2 Å². The first kappa shape index (κ1) is 22.9. The fourth-order valence-corrected chi connectivity index (χ4v) is 3.54. The molecule has 2 amide bonds. The number of aliphatic hydroxyl groups is 1. The van der Waals surface area contributed by atoms with Crippen LogP contribution in [0.25, 0.3) is 0 Å². The van der Waals surface area contributed by atoms with Crippen LogP contribution in [0.2, 0.25) is 0 Å². The van der Waals surface area contributed by atoms with Gasteiger partial charge in [-0.1, -0.05) is 29.8 Å². The average molecular weight is 437 g/mol. The summed E-state index contributed by atoms with van der Waals surface area (Å²) in [5.74, 6) is -0.375. The highest BCUT2D eigenvalue weighted by molar-refractivity contribution is 5.89. The van der Waals surface area contributed by atoms with E-state index in [0.29, 0.717) is 17.8 Å². The first-order valence-corrected chi connectivity index (χ1v) is 10.1. The molecule has 6 nitrogen and oxygen atoms in total. The fourth-order valence-electron chi connectivity index (χ4n) is 3.54. The van der Waals surface area contributed by atoms with Gasteiger partial charge in [0.15, 0.2) is 0 Å². The summed E-state index contributed by atoms with van der Waals surface area (Å²) in [7, 11) is 0. The van der Waals surface area contributed by atoms with Crippen molar-refractivity contribution in [2.24, 2.45) is 0 Å². The van der Waals surface area contributed by atoms with E-state index in [1.165, 1.54) is 12.1 Å². The Bertz CT molecular complexity index is 851. The Kier molecular flexibility index (Phi) is 7.40. The number of rotatable bonds is 7. The van der Waals surface area contributed by atoms with E-state index < -0.39 is 24.5 Å². The number of amides is 2. The Morgan fingerprint density at radius 1 is 1.10 bits per heavy atom. The van der Waals surface area contributed by atoms with Crippen LogP contribution in [0.1, 0.15) is 30.1 Å². The minimum Gasteiger partial charge on any atom is -0.406 e. The average Bonchev–Trinajstić information content (AvgIpc) is 3.21. The van der Waals surface area contributed by atoms with Gasteiger partial charge in [-0.3, -0.25) is 0 Å². The number of nitrogens with one attached hydrogen (secondary N) is 2. The van der Waals surface area contributed by atoms with Crippen LogP contribution in [-0.2, 0) is 0 Å². The van der Waals surface area contributed by atoms with E-state index in [4.69, 9.17) is 0 Å². The van der Waals surface area contributed by atoms with Gasteiger partial charge < -0.3 is 25.4 Å². The number of likely N-dealkylation sites (tertiary alicyclic amines) is 1. The van der Waals surface area contributed by atoms with Crippen LogP contribution in [0.3, 0.4) is 0 Å². The Labute approximate surface area is 179 Å². The van der Waals surface area contributed by atoms with Crippen LogP contribution >= 0.6 is 0 Å². The highest BCUT2D eigenvalue weighted by atomic mass is 19.4. The van der Waals surface area contributed by atoms with Gasteiger partial charge in [0.25, 0.3) is 0 Å². The Balaban J connectivity index is 1.65. The van der Waals surface area contributed by atoms with Crippen molar-refractivity contribution >= 4 is 11.7 Å². The van der Waals surface area contributed by atoms with E-state index in [0.717, 1.165) is 43.6 Å². The molecule has 168 valence electrons. The first-order valence-electron chi connectivity index (χ1n) is 10.1. The lowest BCUT2D eigenvalue weighted by Gasteiger charge is -2.29. The highest BCUT2D eigenvalue weighted by Crippen LogP contribution is 2.24. The Morgan fingerprint density at radius 3 is 2.29 bits per heavy atom. The van der Waals surface area contributed by atoms with Gasteiger partial charge in [0, 0.05) is 12.2 Å². The number of carbonyl (C=O) groups is 1. The van der Waals surface area contributed by atoms with Crippen LogP contribution in [0.15, 0.2) is 48.5 Å². The van der Waals surface area contributed by atoms with E-state index in [2.05, 4.69) is 20.3 Å². The fraction of sp³-hybridized carbons (Fsp3) is 0.409. The number of benzene rings is 2. The molecule has 2 atom stereocenters. The summed E-state index contributed by atoms with van der Waals surface area (Å²) >= 11 is 0. The van der Waals surface area contributed by atoms with Crippen LogP contribution in [0.5, 0.6) is 5.75 Å². The van der Waals surface area contributed by atoms with E-state index in [9.17, 15) is 23.1 Å². The lowest BCUT2D eigenvalue weighted by atomic mass is 10.0. The standard InChI is InChI=1S/C22H26F3N3O3/c1-15-4-6-16(7-5-15)20(29)19(14-28-12-2-3-13-28)27-21(30)26-17-8-10-18(11-9-17)31-22(23,24)25/h4-11,19-20,29H,2-3,12-14H2,1H3,(H2,26,27,30)/t19-,20-/m1/s1. The molecular formula is C22H26F3N3O3. The minimum absolute atomic E-state index is 0.303. The summed E-state index contributed by atoms with van der Waals surface area (Å²) in [6.07, 6.45) is -3.53. The van der Waals surface area contributed by atoms with Crippen LogP contribution < -0.4 is 15.4 Å². The Morgan fingerprint density at radius 2 is 1.71 bits per heavy atom. The van der Waals surface area contributed by atoms with Crippen molar-refractivity contribution in [1.82, 2.24) is 10.2 Å². The molecule has 1 aliphatic rings. The predicted octanol–water partition coefficient (Wildman–Crippen LogP) is 4.21. The van der Waals surface area contributed by atoms with Gasteiger partial charge >= 0.3 is 12.4 Å². The summed E-state index contributed by atoms with van der Waals surface area (Å²) < 4.78 is 40.6. The maximum absolute atomic E-state index is 12.5. The van der Waals surface area contributed by atoms with E-state index >= 15 is 0 Å². The molecule has 0 saturated carbocycles. The highest BCUT2D eigenvalue weighted by Gasteiger charge is 2.31. The summed E-state index contributed by atoms with van der Waals surface area (Å²) in [4.78, 5) is 14.7. The smallest absolute Gasteiger partial charge is 0.406 e. The van der Waals surface area contributed by atoms with Gasteiger partial charge in [-0.2, -0.15) is 0 Å². The molecule has 1 heterocycles. The molecule has 9 heteroatoms. The molecule has 0 unspecified atom stereocenters. The molecule has 1 fully saturated rings. The van der Waals surface area contributed by atoms with Crippen molar-refractivity contribution in [2.75, 3.05) is 25.0 Å². The van der Waals surface area contributed by atoms with Crippen molar-refractivity contribution < 1.29 is 27.8 Å². The number of nitrogens with zero attached hydrogens (tertiary/aromatic N) is 1. The second-order valence-electron chi connectivity index (χ2n) is 7.64. The van der Waals surface area contributed by atoms with Gasteiger partial charge in [0.05, 0.1) is 6.04 Å². The number of carbonyl (C=O) groups excluding carboxylic acids is 1. The number of aryl methyl sites for hydroxylation is 1. The molecule has 2 aromatic rings. The zero-order valence-electron chi connectivity index (χ0n) is 17.2. The number of alkyl halides is 3. The molecule has 31 heavy (non-hydrogen) atoms. The van der Waals surface area contributed by atoms with Crippen molar-refractivity contribution in [3.05, 3.63) is 59.7 Å². The summed E-state index contributed by atoms with van der Waals surface area (Å²) in [5, 5.41) is 16.3. The van der Waals surface area contributed by atoms with Crippen molar-refractivity contribution in [3.8, 4) is 5.75 Å². The molecule has 1 saturated heterocycles. The third kappa shape index (κ3) is 7.15. The number of urea groups is 1. The number of halogens is 3. The third-order valence-corrected chi connectivity index (χ3v) is 5.12. The summed E-state index contributed by atoms with van der Waals surface area (Å²) in [5.41, 5.74) is 2.07. The number of ether oxygens (including phenoxy) is 1. The van der Waals surface area contributed by atoms with Crippen molar-refractivity contribution in [3.63, 3.8) is 0 Å². The van der Waals surface area contributed by atoms with Gasteiger partial charge in [0.2, 0.25) is 0 Å². The van der Waals surface area contributed by atoms with E-state index in [1.807, 2.05) is 31.2 Å². The summed E-state index contributed by atoms with van der Waals surface area (Å²) in [6, 6.07) is 11.2. The number of hydrogen-bond donors (Lipinski definition) is 3. The quantitative estimate of drug-likeness (QED) is 0.607. The molecule has 0 radical (unpaired) electrons. The largest absolute Gasteiger partial charge is 0.573 e. The lowest BCUT2D eigenvalue weighted by Crippen LogP contribution is -2.48. The van der Waals surface area contributed by atoms with Gasteiger partial charge in [0.1, 0.15) is 11.9 Å². The molecule has 3 rings (SSSR count). The topological polar surface area (TPSA) is 73.8 Å². The van der Waals surface area contributed by atoms with Crippen molar-refractivity contribution in [1.29, 1.82) is 0 Å². The molecule has 2 aromatic carbocycles.